The van der Waals surface area contributed by atoms with E-state index >= 15 is 0 Å². The van der Waals surface area contributed by atoms with Gasteiger partial charge in [0.1, 0.15) is 4.88 Å². The van der Waals surface area contributed by atoms with Crippen LogP contribution in [0, 0.1) is 6.92 Å². The number of hydrogen-bond acceptors (Lipinski definition) is 5. The third kappa shape index (κ3) is 4.23. The first kappa shape index (κ1) is 15.4. The largest absolute Gasteiger partial charge is 0.462 e. The molecule has 0 fully saturated rings. The second-order valence-corrected chi connectivity index (χ2v) is 5.83. The summed E-state index contributed by atoms with van der Waals surface area (Å²) in [5.74, 6) is -0.355. The second kappa shape index (κ2) is 7.13. The Kier molecular flexibility index (Phi) is 5.22. The predicted octanol–water partition coefficient (Wildman–Crippen LogP) is 3.47. The average molecular weight is 304 g/mol. The zero-order valence-electron chi connectivity index (χ0n) is 12.3. The van der Waals surface area contributed by atoms with E-state index in [1.54, 1.807) is 13.0 Å². The van der Waals surface area contributed by atoms with Gasteiger partial charge in [-0.1, -0.05) is 29.8 Å². The van der Waals surface area contributed by atoms with E-state index in [0.29, 0.717) is 17.2 Å². The molecule has 112 valence electrons. The molecule has 2 aromatic rings. The highest BCUT2D eigenvalue weighted by Gasteiger charge is 2.15. The van der Waals surface area contributed by atoms with Gasteiger partial charge in [0, 0.05) is 6.54 Å². The molecular weight excluding hydrogens is 284 g/mol. The Balaban J connectivity index is 1.92. The van der Waals surface area contributed by atoms with Gasteiger partial charge in [-0.25, -0.2) is 4.79 Å². The van der Waals surface area contributed by atoms with Crippen LogP contribution in [0.2, 0.25) is 0 Å². The number of nitrogen functional groups attached to an aromatic ring is 1. The molecule has 0 saturated carbocycles. The Hall–Kier alpha value is -2.01. The molecule has 3 N–H and O–H groups in total. The number of thiophene rings is 1. The molecule has 21 heavy (non-hydrogen) atoms. The number of ether oxygens (including phenoxy) is 1. The van der Waals surface area contributed by atoms with Crippen molar-refractivity contribution in [3.63, 3.8) is 0 Å². The summed E-state index contributed by atoms with van der Waals surface area (Å²) in [6, 6.07) is 10.2. The number of carbonyl (C=O) groups excluding carboxylic acids is 1. The normalized spacial score (nSPS) is 10.4. The van der Waals surface area contributed by atoms with Crippen LogP contribution < -0.4 is 11.1 Å². The van der Waals surface area contributed by atoms with Crippen LogP contribution in [-0.2, 0) is 11.2 Å². The summed E-state index contributed by atoms with van der Waals surface area (Å²) in [5, 5.41) is 4.19. The molecule has 0 aliphatic carbocycles. The number of carbonyl (C=O) groups is 1. The SMILES string of the molecule is CCOC(=O)c1sc(NCCc2cccc(C)c2)cc1N. The lowest BCUT2D eigenvalue weighted by atomic mass is 10.1. The number of rotatable bonds is 6. The Labute approximate surface area is 128 Å². The Morgan fingerprint density at radius 3 is 2.90 bits per heavy atom. The van der Waals surface area contributed by atoms with Gasteiger partial charge in [-0.15, -0.1) is 11.3 Å². The summed E-state index contributed by atoms with van der Waals surface area (Å²) in [5.41, 5.74) is 8.86. The van der Waals surface area contributed by atoms with Crippen molar-refractivity contribution in [3.05, 3.63) is 46.3 Å². The van der Waals surface area contributed by atoms with Crippen molar-refractivity contribution in [3.8, 4) is 0 Å². The van der Waals surface area contributed by atoms with Gasteiger partial charge in [-0.3, -0.25) is 0 Å². The highest BCUT2D eigenvalue weighted by molar-refractivity contribution is 7.18. The molecule has 0 spiro atoms. The van der Waals surface area contributed by atoms with Crippen molar-refractivity contribution in [1.82, 2.24) is 0 Å². The van der Waals surface area contributed by atoms with Crippen molar-refractivity contribution in [1.29, 1.82) is 0 Å². The molecule has 0 unspecified atom stereocenters. The van der Waals surface area contributed by atoms with Crippen LogP contribution in [0.4, 0.5) is 10.7 Å². The van der Waals surface area contributed by atoms with Gasteiger partial charge in [0.05, 0.1) is 17.3 Å². The van der Waals surface area contributed by atoms with Crippen molar-refractivity contribution in [2.45, 2.75) is 20.3 Å². The van der Waals surface area contributed by atoms with Crippen LogP contribution in [0.25, 0.3) is 0 Å². The third-order valence-electron chi connectivity index (χ3n) is 3.02. The van der Waals surface area contributed by atoms with Gasteiger partial charge in [-0.2, -0.15) is 0 Å². The number of anilines is 2. The Bertz CT molecular complexity index is 622. The number of esters is 1. The summed E-state index contributed by atoms with van der Waals surface area (Å²) in [6.45, 7) is 5.02. The topological polar surface area (TPSA) is 64.3 Å². The monoisotopic (exact) mass is 304 g/mol. The maximum absolute atomic E-state index is 11.7. The Morgan fingerprint density at radius 1 is 1.38 bits per heavy atom. The van der Waals surface area contributed by atoms with E-state index < -0.39 is 0 Å². The van der Waals surface area contributed by atoms with E-state index in [1.165, 1.54) is 22.5 Å². The number of nitrogens with two attached hydrogens (primary N) is 1. The molecule has 0 atom stereocenters. The van der Waals surface area contributed by atoms with Gasteiger partial charge in [0.2, 0.25) is 0 Å². The molecular formula is C16H20N2O2S. The van der Waals surface area contributed by atoms with Crippen LogP contribution in [-0.4, -0.2) is 19.1 Å². The minimum atomic E-state index is -0.355. The number of hydrogen-bond donors (Lipinski definition) is 2. The van der Waals surface area contributed by atoms with E-state index in [9.17, 15) is 4.79 Å². The Morgan fingerprint density at radius 2 is 2.19 bits per heavy atom. The maximum atomic E-state index is 11.7. The lowest BCUT2D eigenvalue weighted by Gasteiger charge is -2.04. The lowest BCUT2D eigenvalue weighted by molar-refractivity contribution is 0.0533. The van der Waals surface area contributed by atoms with E-state index in [-0.39, 0.29) is 5.97 Å². The fourth-order valence-corrected chi connectivity index (χ4v) is 2.95. The van der Waals surface area contributed by atoms with Crippen LogP contribution in [0.15, 0.2) is 30.3 Å². The van der Waals surface area contributed by atoms with Gasteiger partial charge >= 0.3 is 5.97 Å². The van der Waals surface area contributed by atoms with Crippen molar-refractivity contribution in [2.75, 3.05) is 24.2 Å². The van der Waals surface area contributed by atoms with Crippen molar-refractivity contribution in [2.24, 2.45) is 0 Å². The van der Waals surface area contributed by atoms with E-state index in [0.717, 1.165) is 18.0 Å². The van der Waals surface area contributed by atoms with E-state index in [2.05, 4.69) is 36.5 Å². The summed E-state index contributed by atoms with van der Waals surface area (Å²) in [4.78, 5) is 12.2. The molecule has 1 aromatic heterocycles. The van der Waals surface area contributed by atoms with Crippen LogP contribution >= 0.6 is 11.3 Å². The number of benzene rings is 1. The van der Waals surface area contributed by atoms with Crippen LogP contribution in [0.1, 0.15) is 27.7 Å². The van der Waals surface area contributed by atoms with Crippen LogP contribution in [0.5, 0.6) is 0 Å². The molecule has 0 bridgehead atoms. The molecule has 1 aromatic carbocycles. The van der Waals surface area contributed by atoms with Gasteiger partial charge in [0.15, 0.2) is 0 Å². The molecule has 0 aliphatic heterocycles. The smallest absolute Gasteiger partial charge is 0.350 e. The summed E-state index contributed by atoms with van der Waals surface area (Å²) in [7, 11) is 0. The molecule has 4 nitrogen and oxygen atoms in total. The molecule has 0 amide bonds. The molecule has 1 heterocycles. The quantitative estimate of drug-likeness (QED) is 0.802. The van der Waals surface area contributed by atoms with Crippen molar-refractivity contribution < 1.29 is 9.53 Å². The number of aryl methyl sites for hydroxylation is 1. The summed E-state index contributed by atoms with van der Waals surface area (Å²) < 4.78 is 4.97. The first-order valence-corrected chi connectivity index (χ1v) is 7.77. The average Bonchev–Trinajstić information content (AvgIpc) is 2.80. The third-order valence-corrected chi connectivity index (χ3v) is 4.11. The number of nitrogens with one attached hydrogen (secondary N) is 1. The van der Waals surface area contributed by atoms with Crippen LogP contribution in [0.3, 0.4) is 0 Å². The minimum absolute atomic E-state index is 0.353. The minimum Gasteiger partial charge on any atom is -0.462 e. The van der Waals surface area contributed by atoms with Gasteiger partial charge in [-0.05, 0) is 31.9 Å². The highest BCUT2D eigenvalue weighted by atomic mass is 32.1. The zero-order chi connectivity index (χ0) is 15.2. The molecule has 0 radical (unpaired) electrons. The molecule has 0 aliphatic rings. The molecule has 5 heteroatoms. The first-order chi connectivity index (χ1) is 10.1. The van der Waals surface area contributed by atoms with Gasteiger partial charge in [0.25, 0.3) is 0 Å². The first-order valence-electron chi connectivity index (χ1n) is 6.96. The van der Waals surface area contributed by atoms with E-state index in [1.807, 2.05) is 0 Å². The summed E-state index contributed by atoms with van der Waals surface area (Å²) in [6.07, 6.45) is 0.925. The van der Waals surface area contributed by atoms with E-state index in [4.69, 9.17) is 10.5 Å². The standard InChI is InChI=1S/C16H20N2O2S/c1-3-20-16(19)15-13(17)10-14(21-15)18-8-7-12-6-4-5-11(2)9-12/h4-6,9-10,18H,3,7-8,17H2,1-2H3. The maximum Gasteiger partial charge on any atom is 0.350 e. The molecule has 2 rings (SSSR count). The second-order valence-electron chi connectivity index (χ2n) is 4.78. The fraction of sp³-hybridized carbons (Fsp3) is 0.312. The molecule has 0 saturated heterocycles. The fourth-order valence-electron chi connectivity index (χ4n) is 2.05. The van der Waals surface area contributed by atoms with Crippen molar-refractivity contribution >= 4 is 28.0 Å². The zero-order valence-corrected chi connectivity index (χ0v) is 13.1. The van der Waals surface area contributed by atoms with Gasteiger partial charge < -0.3 is 15.8 Å². The predicted molar refractivity (Wildman–Crippen MR) is 88.1 cm³/mol. The highest BCUT2D eigenvalue weighted by Crippen LogP contribution is 2.29. The summed E-state index contributed by atoms with van der Waals surface area (Å²) >= 11 is 1.34. The lowest BCUT2D eigenvalue weighted by Crippen LogP contribution is -2.04.